The molecular weight excluding hydrogens is 250 g/mol. The van der Waals surface area contributed by atoms with E-state index in [4.69, 9.17) is 0 Å². The standard InChI is InChI=1S/C15H25N5/c1-10-7-14(20(6)17-10)8-13(16-4)9-15-11(2)18-19(5)12(15)3/h7,13,16H,8-9H2,1-6H3. The van der Waals surface area contributed by atoms with E-state index in [1.165, 1.54) is 17.0 Å². The molecule has 1 N–H and O–H groups in total. The van der Waals surface area contributed by atoms with Crippen molar-refractivity contribution in [2.75, 3.05) is 7.05 Å². The second-order valence-electron chi connectivity index (χ2n) is 5.57. The van der Waals surface area contributed by atoms with Crippen molar-refractivity contribution in [3.8, 4) is 0 Å². The van der Waals surface area contributed by atoms with Crippen molar-refractivity contribution in [2.24, 2.45) is 14.1 Å². The number of rotatable bonds is 5. The maximum Gasteiger partial charge on any atom is 0.0628 e. The normalized spacial score (nSPS) is 12.9. The minimum atomic E-state index is 0.395. The van der Waals surface area contributed by atoms with Gasteiger partial charge < -0.3 is 5.32 Å². The van der Waals surface area contributed by atoms with Crippen LogP contribution in [0.2, 0.25) is 0 Å². The second kappa shape index (κ2) is 5.79. The zero-order valence-electron chi connectivity index (χ0n) is 13.4. The molecule has 5 nitrogen and oxygen atoms in total. The first-order valence-corrected chi connectivity index (χ1v) is 7.08. The van der Waals surface area contributed by atoms with Gasteiger partial charge in [0.1, 0.15) is 0 Å². The first kappa shape index (κ1) is 14.8. The summed E-state index contributed by atoms with van der Waals surface area (Å²) in [6.45, 7) is 6.26. The maximum atomic E-state index is 4.50. The number of hydrogen-bond donors (Lipinski definition) is 1. The SMILES string of the molecule is CNC(Cc1c(C)nn(C)c1C)Cc1cc(C)nn1C. The zero-order valence-corrected chi connectivity index (χ0v) is 13.4. The van der Waals surface area contributed by atoms with Crippen molar-refractivity contribution in [2.45, 2.75) is 39.7 Å². The van der Waals surface area contributed by atoms with E-state index >= 15 is 0 Å². The fourth-order valence-electron chi connectivity index (χ4n) is 2.74. The lowest BCUT2D eigenvalue weighted by molar-refractivity contribution is 0.531. The first-order chi connectivity index (χ1) is 9.42. The van der Waals surface area contributed by atoms with Crippen molar-refractivity contribution >= 4 is 0 Å². The summed E-state index contributed by atoms with van der Waals surface area (Å²) in [6, 6.07) is 2.55. The lowest BCUT2D eigenvalue weighted by Gasteiger charge is -2.16. The Labute approximate surface area is 121 Å². The minimum Gasteiger partial charge on any atom is -0.316 e. The number of likely N-dealkylation sites (N-methyl/N-ethyl adjacent to an activating group) is 1. The van der Waals surface area contributed by atoms with Gasteiger partial charge >= 0.3 is 0 Å². The summed E-state index contributed by atoms with van der Waals surface area (Å²) in [7, 11) is 6.04. The number of aromatic nitrogens is 4. The molecule has 0 aromatic carbocycles. The summed E-state index contributed by atoms with van der Waals surface area (Å²) >= 11 is 0. The van der Waals surface area contributed by atoms with Gasteiger partial charge in [-0.1, -0.05) is 0 Å². The maximum absolute atomic E-state index is 4.50. The monoisotopic (exact) mass is 275 g/mol. The van der Waals surface area contributed by atoms with Gasteiger partial charge in [-0.05, 0) is 45.9 Å². The van der Waals surface area contributed by atoms with Crippen molar-refractivity contribution in [3.05, 3.63) is 34.4 Å². The molecule has 5 heteroatoms. The first-order valence-electron chi connectivity index (χ1n) is 7.08. The number of nitrogens with one attached hydrogen (secondary N) is 1. The van der Waals surface area contributed by atoms with Crippen LogP contribution in [0.25, 0.3) is 0 Å². The highest BCUT2D eigenvalue weighted by atomic mass is 15.3. The summed E-state index contributed by atoms with van der Waals surface area (Å²) in [4.78, 5) is 0. The van der Waals surface area contributed by atoms with Crippen LogP contribution in [0.1, 0.15) is 28.3 Å². The Balaban J connectivity index is 2.15. The van der Waals surface area contributed by atoms with Gasteiger partial charge in [0.15, 0.2) is 0 Å². The summed E-state index contributed by atoms with van der Waals surface area (Å²) < 4.78 is 3.94. The Hall–Kier alpha value is -1.62. The van der Waals surface area contributed by atoms with Gasteiger partial charge in [-0.3, -0.25) is 9.36 Å². The predicted molar refractivity (Wildman–Crippen MR) is 80.9 cm³/mol. The predicted octanol–water partition coefficient (Wildman–Crippen LogP) is 1.45. The molecule has 0 aliphatic heterocycles. The third-order valence-corrected chi connectivity index (χ3v) is 4.07. The molecule has 2 aromatic heterocycles. The lowest BCUT2D eigenvalue weighted by Crippen LogP contribution is -2.31. The Morgan fingerprint density at radius 1 is 1.10 bits per heavy atom. The minimum absolute atomic E-state index is 0.395. The highest BCUT2D eigenvalue weighted by Gasteiger charge is 2.16. The molecule has 0 radical (unpaired) electrons. The lowest BCUT2D eigenvalue weighted by atomic mass is 10.0. The Bertz CT molecular complexity index is 594. The van der Waals surface area contributed by atoms with E-state index in [1.807, 2.05) is 37.4 Å². The second-order valence-corrected chi connectivity index (χ2v) is 5.57. The van der Waals surface area contributed by atoms with Gasteiger partial charge in [-0.15, -0.1) is 0 Å². The van der Waals surface area contributed by atoms with Gasteiger partial charge in [0.05, 0.1) is 11.4 Å². The van der Waals surface area contributed by atoms with E-state index in [0.717, 1.165) is 24.2 Å². The highest BCUT2D eigenvalue weighted by molar-refractivity contribution is 5.26. The van der Waals surface area contributed by atoms with Crippen molar-refractivity contribution in [1.29, 1.82) is 0 Å². The average molecular weight is 275 g/mol. The molecule has 2 rings (SSSR count). The molecule has 0 bridgehead atoms. The molecular formula is C15H25N5. The van der Waals surface area contributed by atoms with Crippen LogP contribution in [0.5, 0.6) is 0 Å². The molecule has 0 saturated carbocycles. The molecule has 20 heavy (non-hydrogen) atoms. The molecule has 2 aromatic rings. The van der Waals surface area contributed by atoms with Gasteiger partial charge in [-0.2, -0.15) is 10.2 Å². The molecule has 0 fully saturated rings. The van der Waals surface area contributed by atoms with Crippen LogP contribution in [0, 0.1) is 20.8 Å². The van der Waals surface area contributed by atoms with Crippen molar-refractivity contribution in [1.82, 2.24) is 24.9 Å². The van der Waals surface area contributed by atoms with E-state index in [9.17, 15) is 0 Å². The zero-order chi connectivity index (χ0) is 14.9. The van der Waals surface area contributed by atoms with E-state index in [2.05, 4.69) is 35.4 Å². The van der Waals surface area contributed by atoms with Gasteiger partial charge in [0.2, 0.25) is 0 Å². The summed E-state index contributed by atoms with van der Waals surface area (Å²) in [6.07, 6.45) is 1.97. The van der Waals surface area contributed by atoms with Gasteiger partial charge in [0.25, 0.3) is 0 Å². The molecule has 0 aliphatic rings. The quantitative estimate of drug-likeness (QED) is 0.898. The Kier molecular flexibility index (Phi) is 4.28. The van der Waals surface area contributed by atoms with Crippen LogP contribution in [0.4, 0.5) is 0 Å². The third kappa shape index (κ3) is 2.93. The van der Waals surface area contributed by atoms with E-state index < -0.39 is 0 Å². The van der Waals surface area contributed by atoms with Crippen molar-refractivity contribution < 1.29 is 0 Å². The van der Waals surface area contributed by atoms with Crippen LogP contribution in [-0.2, 0) is 26.9 Å². The molecule has 110 valence electrons. The van der Waals surface area contributed by atoms with E-state index in [0.29, 0.717) is 6.04 Å². The smallest absolute Gasteiger partial charge is 0.0628 e. The van der Waals surface area contributed by atoms with Gasteiger partial charge in [-0.25, -0.2) is 0 Å². The van der Waals surface area contributed by atoms with Crippen LogP contribution in [0.15, 0.2) is 6.07 Å². The largest absolute Gasteiger partial charge is 0.316 e. The molecule has 0 saturated heterocycles. The van der Waals surface area contributed by atoms with Gasteiger partial charge in [0, 0.05) is 37.9 Å². The van der Waals surface area contributed by atoms with Crippen LogP contribution >= 0.6 is 0 Å². The Morgan fingerprint density at radius 3 is 2.25 bits per heavy atom. The fourth-order valence-corrected chi connectivity index (χ4v) is 2.74. The molecule has 0 spiro atoms. The summed E-state index contributed by atoms with van der Waals surface area (Å²) in [5, 5.41) is 12.3. The summed E-state index contributed by atoms with van der Waals surface area (Å²) in [5.74, 6) is 0. The molecule has 1 unspecified atom stereocenters. The molecule has 0 amide bonds. The number of aryl methyl sites for hydroxylation is 4. The third-order valence-electron chi connectivity index (χ3n) is 4.07. The molecule has 2 heterocycles. The van der Waals surface area contributed by atoms with E-state index in [1.54, 1.807) is 0 Å². The summed E-state index contributed by atoms with van der Waals surface area (Å²) in [5.41, 5.74) is 6.08. The Morgan fingerprint density at radius 2 is 1.80 bits per heavy atom. The van der Waals surface area contributed by atoms with Crippen LogP contribution < -0.4 is 5.32 Å². The van der Waals surface area contributed by atoms with E-state index in [-0.39, 0.29) is 0 Å². The highest BCUT2D eigenvalue weighted by Crippen LogP contribution is 2.16. The average Bonchev–Trinajstić information content (AvgIpc) is 2.82. The topological polar surface area (TPSA) is 47.7 Å². The molecule has 1 atom stereocenters. The van der Waals surface area contributed by atoms with Crippen LogP contribution in [-0.4, -0.2) is 32.7 Å². The molecule has 0 aliphatic carbocycles. The van der Waals surface area contributed by atoms with Crippen LogP contribution in [0.3, 0.4) is 0 Å². The number of nitrogens with zero attached hydrogens (tertiary/aromatic N) is 4. The van der Waals surface area contributed by atoms with Crippen molar-refractivity contribution in [3.63, 3.8) is 0 Å². The fraction of sp³-hybridized carbons (Fsp3) is 0.600. The number of hydrogen-bond acceptors (Lipinski definition) is 3.